The lowest BCUT2D eigenvalue weighted by Gasteiger charge is -2.19. The van der Waals surface area contributed by atoms with E-state index in [1.807, 2.05) is 0 Å². The van der Waals surface area contributed by atoms with Gasteiger partial charge in [0, 0.05) is 17.6 Å². The van der Waals surface area contributed by atoms with E-state index < -0.39 is 11.7 Å². The zero-order valence-corrected chi connectivity index (χ0v) is 11.7. The molecule has 0 unspecified atom stereocenters. The van der Waals surface area contributed by atoms with E-state index in [1.165, 1.54) is 0 Å². The van der Waals surface area contributed by atoms with E-state index in [2.05, 4.69) is 10.3 Å². The number of nitrogens with zero attached hydrogens (tertiary/aromatic N) is 1. The van der Waals surface area contributed by atoms with Gasteiger partial charge in [-0.1, -0.05) is 11.6 Å². The van der Waals surface area contributed by atoms with Crippen LogP contribution >= 0.6 is 11.6 Å². The summed E-state index contributed by atoms with van der Waals surface area (Å²) in [6.07, 6.45) is 1.14. The van der Waals surface area contributed by atoms with Gasteiger partial charge >= 0.3 is 6.09 Å². The zero-order chi connectivity index (χ0) is 14.0. The van der Waals surface area contributed by atoms with Crippen LogP contribution in [0.15, 0.2) is 22.7 Å². The number of amides is 1. The normalized spacial score (nSPS) is 11.6. The molecule has 19 heavy (non-hydrogen) atoms. The number of carbonyl (C=O) groups excluding carboxylic acids is 1. The van der Waals surface area contributed by atoms with Gasteiger partial charge in [0.2, 0.25) is 0 Å². The van der Waals surface area contributed by atoms with Crippen molar-refractivity contribution >= 4 is 28.7 Å². The first kappa shape index (κ1) is 13.7. The molecule has 2 heterocycles. The van der Waals surface area contributed by atoms with Crippen LogP contribution in [0.5, 0.6) is 0 Å². The molecule has 2 rings (SSSR count). The van der Waals surface area contributed by atoms with Gasteiger partial charge in [0.25, 0.3) is 0 Å². The largest absolute Gasteiger partial charge is 0.459 e. The van der Waals surface area contributed by atoms with Crippen molar-refractivity contribution in [1.29, 1.82) is 0 Å². The van der Waals surface area contributed by atoms with Gasteiger partial charge in [0.15, 0.2) is 0 Å². The second-order valence-corrected chi connectivity index (χ2v) is 5.50. The Hall–Kier alpha value is -1.75. The van der Waals surface area contributed by atoms with Crippen molar-refractivity contribution in [1.82, 2.24) is 10.3 Å². The maximum Gasteiger partial charge on any atom is 0.408 e. The molecule has 0 saturated carbocycles. The number of fused-ring (bicyclic) bond motifs is 1. The van der Waals surface area contributed by atoms with E-state index in [0.717, 1.165) is 5.39 Å². The van der Waals surface area contributed by atoms with Crippen molar-refractivity contribution in [3.63, 3.8) is 0 Å². The third kappa shape index (κ3) is 3.86. The van der Waals surface area contributed by atoms with Gasteiger partial charge in [-0.05, 0) is 26.8 Å². The molecule has 2 aromatic rings. The van der Waals surface area contributed by atoms with Gasteiger partial charge in [-0.2, -0.15) is 0 Å². The molecule has 0 aliphatic rings. The number of furan rings is 1. The van der Waals surface area contributed by atoms with Crippen LogP contribution in [0, 0.1) is 0 Å². The van der Waals surface area contributed by atoms with Gasteiger partial charge in [0.05, 0.1) is 6.54 Å². The fraction of sp³-hybridized carbons (Fsp3) is 0.385. The van der Waals surface area contributed by atoms with E-state index in [0.29, 0.717) is 16.5 Å². The quantitative estimate of drug-likeness (QED) is 0.856. The molecule has 0 fully saturated rings. The Bertz CT molecular complexity index is 601. The Kier molecular flexibility index (Phi) is 3.66. The highest BCUT2D eigenvalue weighted by molar-refractivity contribution is 6.29. The van der Waals surface area contributed by atoms with Crippen molar-refractivity contribution in [2.45, 2.75) is 32.9 Å². The first-order valence-corrected chi connectivity index (χ1v) is 6.22. The van der Waals surface area contributed by atoms with E-state index in [4.69, 9.17) is 20.8 Å². The third-order valence-electron chi connectivity index (χ3n) is 2.23. The summed E-state index contributed by atoms with van der Waals surface area (Å²) in [5.74, 6) is 0.616. The molecule has 6 heteroatoms. The molecule has 102 valence electrons. The monoisotopic (exact) mass is 282 g/mol. The van der Waals surface area contributed by atoms with Crippen molar-refractivity contribution in [2.24, 2.45) is 0 Å². The Morgan fingerprint density at radius 2 is 2.21 bits per heavy atom. The molecule has 2 aromatic heterocycles. The lowest BCUT2D eigenvalue weighted by molar-refractivity contribution is 0.0520. The standard InChI is InChI=1S/C13H15ClN2O3/c1-13(2,3)19-12(17)16-7-9-4-8-6-15-11(14)5-10(8)18-9/h4-6H,7H2,1-3H3,(H,16,17). The minimum atomic E-state index is -0.518. The van der Waals surface area contributed by atoms with E-state index in [9.17, 15) is 4.79 Å². The molecule has 0 aliphatic heterocycles. The van der Waals surface area contributed by atoms with Gasteiger partial charge in [-0.3, -0.25) is 0 Å². The number of pyridine rings is 1. The average molecular weight is 283 g/mol. The Balaban J connectivity index is 2.00. The molecule has 1 N–H and O–H groups in total. The molecule has 0 atom stereocenters. The molecule has 0 aromatic carbocycles. The van der Waals surface area contributed by atoms with Crippen LogP contribution in [0.4, 0.5) is 4.79 Å². The van der Waals surface area contributed by atoms with Crippen molar-refractivity contribution in [3.8, 4) is 0 Å². The number of alkyl carbamates (subject to hydrolysis) is 1. The van der Waals surface area contributed by atoms with Crippen molar-refractivity contribution in [2.75, 3.05) is 0 Å². The maximum atomic E-state index is 11.5. The summed E-state index contributed by atoms with van der Waals surface area (Å²) < 4.78 is 10.7. The van der Waals surface area contributed by atoms with E-state index >= 15 is 0 Å². The number of ether oxygens (including phenoxy) is 1. The second-order valence-electron chi connectivity index (χ2n) is 5.11. The number of nitrogens with one attached hydrogen (secondary N) is 1. The number of halogens is 1. The van der Waals surface area contributed by atoms with Crippen LogP contribution in [0.2, 0.25) is 5.15 Å². The van der Waals surface area contributed by atoms with Crippen LogP contribution < -0.4 is 5.32 Å². The molecule has 1 amide bonds. The molecular formula is C13H15ClN2O3. The highest BCUT2D eigenvalue weighted by Crippen LogP contribution is 2.21. The average Bonchev–Trinajstić information content (AvgIpc) is 2.66. The maximum absolute atomic E-state index is 11.5. The minimum Gasteiger partial charge on any atom is -0.459 e. The smallest absolute Gasteiger partial charge is 0.408 e. The lowest BCUT2D eigenvalue weighted by atomic mass is 10.2. The zero-order valence-electron chi connectivity index (χ0n) is 11.0. The number of rotatable bonds is 2. The molecule has 0 radical (unpaired) electrons. The van der Waals surface area contributed by atoms with Gasteiger partial charge in [-0.15, -0.1) is 0 Å². The summed E-state index contributed by atoms with van der Waals surface area (Å²) in [4.78, 5) is 15.5. The summed E-state index contributed by atoms with van der Waals surface area (Å²) in [6, 6.07) is 3.43. The number of hydrogen-bond acceptors (Lipinski definition) is 4. The summed E-state index contributed by atoms with van der Waals surface area (Å²) >= 11 is 5.77. The predicted molar refractivity (Wildman–Crippen MR) is 72.1 cm³/mol. The summed E-state index contributed by atoms with van der Waals surface area (Å²) in [5.41, 5.74) is 0.121. The fourth-order valence-electron chi connectivity index (χ4n) is 1.53. The topological polar surface area (TPSA) is 64.4 Å². The summed E-state index contributed by atoms with van der Waals surface area (Å²) in [6.45, 7) is 5.67. The second kappa shape index (κ2) is 5.09. The van der Waals surface area contributed by atoms with Crippen LogP contribution in [0.25, 0.3) is 11.0 Å². The first-order valence-electron chi connectivity index (χ1n) is 5.84. The highest BCUT2D eigenvalue weighted by Gasteiger charge is 2.16. The number of aromatic nitrogens is 1. The highest BCUT2D eigenvalue weighted by atomic mass is 35.5. The SMILES string of the molecule is CC(C)(C)OC(=O)NCc1cc2cnc(Cl)cc2o1. The van der Waals surface area contributed by atoms with Gasteiger partial charge in [0.1, 0.15) is 22.1 Å². The predicted octanol–water partition coefficient (Wildman–Crippen LogP) is 3.51. The third-order valence-corrected chi connectivity index (χ3v) is 2.43. The van der Waals surface area contributed by atoms with Gasteiger partial charge < -0.3 is 14.5 Å². The van der Waals surface area contributed by atoms with Gasteiger partial charge in [-0.25, -0.2) is 9.78 Å². The molecule has 5 nitrogen and oxygen atoms in total. The first-order chi connectivity index (χ1) is 8.83. The van der Waals surface area contributed by atoms with E-state index in [-0.39, 0.29) is 6.54 Å². The van der Waals surface area contributed by atoms with Crippen molar-refractivity contribution in [3.05, 3.63) is 29.2 Å². The van der Waals surface area contributed by atoms with E-state index in [1.54, 1.807) is 39.1 Å². The Labute approximate surface area is 115 Å². The van der Waals surface area contributed by atoms with Crippen LogP contribution in [-0.4, -0.2) is 16.7 Å². The van der Waals surface area contributed by atoms with Crippen LogP contribution in [0.3, 0.4) is 0 Å². The summed E-state index contributed by atoms with van der Waals surface area (Å²) in [5, 5.41) is 3.83. The molecule has 0 aliphatic carbocycles. The number of carbonyl (C=O) groups is 1. The Morgan fingerprint density at radius 3 is 2.89 bits per heavy atom. The Morgan fingerprint density at radius 1 is 1.47 bits per heavy atom. The van der Waals surface area contributed by atoms with Crippen LogP contribution in [0.1, 0.15) is 26.5 Å². The summed E-state index contributed by atoms with van der Waals surface area (Å²) in [7, 11) is 0. The molecule has 0 spiro atoms. The lowest BCUT2D eigenvalue weighted by Crippen LogP contribution is -2.32. The fourth-order valence-corrected chi connectivity index (χ4v) is 1.67. The van der Waals surface area contributed by atoms with Crippen molar-refractivity contribution < 1.29 is 13.9 Å². The number of hydrogen-bond donors (Lipinski definition) is 1. The molecule has 0 saturated heterocycles. The minimum absolute atomic E-state index is 0.251. The molecule has 0 bridgehead atoms. The molecular weight excluding hydrogens is 268 g/mol. The van der Waals surface area contributed by atoms with Crippen LogP contribution in [-0.2, 0) is 11.3 Å².